The molecular formula is C22H22Cl2FNO4S. The van der Waals surface area contributed by atoms with Crippen molar-refractivity contribution in [2.24, 2.45) is 11.8 Å². The zero-order valence-corrected chi connectivity index (χ0v) is 19.1. The number of sulfone groups is 1. The molecule has 1 unspecified atom stereocenters. The number of benzene rings is 2. The molecule has 166 valence electrons. The number of nitrogens with one attached hydrogen (secondary N) is 1. The molecule has 2 bridgehead atoms. The maximum atomic E-state index is 13.6. The number of aliphatic hydroxyl groups is 1. The Hall–Kier alpha value is -1.67. The summed E-state index contributed by atoms with van der Waals surface area (Å²) < 4.78 is 40.4. The molecule has 2 aliphatic rings. The van der Waals surface area contributed by atoms with Gasteiger partial charge in [-0.05, 0) is 80.8 Å². The maximum Gasteiger partial charge on any atom is 0.255 e. The highest BCUT2D eigenvalue weighted by Gasteiger charge is 2.53. The average Bonchev–Trinajstić information content (AvgIpc) is 2.87. The second-order valence-corrected chi connectivity index (χ2v) is 11.6. The first-order valence-electron chi connectivity index (χ1n) is 10.0. The third kappa shape index (κ3) is 4.09. The Labute approximate surface area is 190 Å². The van der Waals surface area contributed by atoms with Gasteiger partial charge in [0.2, 0.25) is 0 Å². The lowest BCUT2D eigenvalue weighted by Gasteiger charge is -2.40. The fourth-order valence-electron chi connectivity index (χ4n) is 4.84. The summed E-state index contributed by atoms with van der Waals surface area (Å²) in [6.07, 6.45) is 2.33. The number of hydrogen-bond acceptors (Lipinski definition) is 4. The number of carbonyl (C=O) groups excluding carboxylic acids is 1. The SMILES string of the molecule is C[C@@]1(O)C2CC[C@H]1C[C@H](S(=O)(=O)c1cc(C(=O)Nc3ccc(Cl)c(F)c3)ccc1Cl)C2. The monoisotopic (exact) mass is 485 g/mol. The van der Waals surface area contributed by atoms with Crippen LogP contribution in [0.3, 0.4) is 0 Å². The van der Waals surface area contributed by atoms with Crippen molar-refractivity contribution in [2.45, 2.75) is 48.4 Å². The highest BCUT2D eigenvalue weighted by molar-refractivity contribution is 7.92. The van der Waals surface area contributed by atoms with Crippen molar-refractivity contribution < 1.29 is 22.7 Å². The van der Waals surface area contributed by atoms with Crippen molar-refractivity contribution in [1.29, 1.82) is 0 Å². The molecule has 2 fully saturated rings. The van der Waals surface area contributed by atoms with Gasteiger partial charge < -0.3 is 10.4 Å². The molecule has 0 radical (unpaired) electrons. The first kappa shape index (κ1) is 22.5. The number of amides is 1. The summed E-state index contributed by atoms with van der Waals surface area (Å²) in [5, 5.41) is 12.5. The molecule has 0 heterocycles. The van der Waals surface area contributed by atoms with Gasteiger partial charge in [0.25, 0.3) is 5.91 Å². The standard InChI is InChI=1S/C22H22Cl2FNO4S/c1-22(28)13-3-4-14(22)10-16(9-13)31(29,30)20-8-12(2-6-18(20)24)21(27)26-15-5-7-17(23)19(25)11-15/h2,5-8,11,13-14,16,28H,3-4,9-10H2,1H3,(H,26,27)/t13-,14?,16-,22-/m0/s1. The average molecular weight is 486 g/mol. The van der Waals surface area contributed by atoms with E-state index in [1.54, 1.807) is 6.92 Å². The third-order valence-electron chi connectivity index (χ3n) is 6.73. The van der Waals surface area contributed by atoms with Crippen molar-refractivity contribution in [2.75, 3.05) is 5.32 Å². The molecule has 0 aliphatic heterocycles. The fraction of sp³-hybridized carbons (Fsp3) is 0.409. The van der Waals surface area contributed by atoms with Crippen molar-refractivity contribution >= 4 is 44.6 Å². The molecule has 5 nitrogen and oxygen atoms in total. The second-order valence-electron chi connectivity index (χ2n) is 8.56. The molecule has 0 saturated heterocycles. The zero-order valence-electron chi connectivity index (χ0n) is 16.7. The van der Waals surface area contributed by atoms with Crippen LogP contribution in [0.15, 0.2) is 41.3 Å². The lowest BCUT2D eigenvalue weighted by atomic mass is 9.76. The van der Waals surface area contributed by atoms with Crippen LogP contribution >= 0.6 is 23.2 Å². The summed E-state index contributed by atoms with van der Waals surface area (Å²) in [5.41, 5.74) is -0.563. The van der Waals surface area contributed by atoms with Gasteiger partial charge in [-0.1, -0.05) is 23.2 Å². The van der Waals surface area contributed by atoms with E-state index in [9.17, 15) is 22.7 Å². The Morgan fingerprint density at radius 2 is 1.71 bits per heavy atom. The van der Waals surface area contributed by atoms with Crippen molar-refractivity contribution in [3.05, 3.63) is 57.8 Å². The van der Waals surface area contributed by atoms with Crippen molar-refractivity contribution in [1.82, 2.24) is 0 Å². The van der Waals surface area contributed by atoms with Crippen LogP contribution < -0.4 is 5.32 Å². The number of halogens is 3. The largest absolute Gasteiger partial charge is 0.390 e. The topological polar surface area (TPSA) is 83.5 Å². The van der Waals surface area contributed by atoms with Crippen LogP contribution in [0.4, 0.5) is 10.1 Å². The highest BCUT2D eigenvalue weighted by Crippen LogP contribution is 2.51. The molecule has 2 aliphatic carbocycles. The van der Waals surface area contributed by atoms with Gasteiger partial charge >= 0.3 is 0 Å². The van der Waals surface area contributed by atoms with E-state index in [2.05, 4.69) is 5.32 Å². The number of fused-ring (bicyclic) bond motifs is 2. The molecular weight excluding hydrogens is 464 g/mol. The summed E-state index contributed by atoms with van der Waals surface area (Å²) in [4.78, 5) is 12.5. The molecule has 2 saturated carbocycles. The second kappa shape index (κ2) is 8.03. The minimum atomic E-state index is -3.81. The van der Waals surface area contributed by atoms with E-state index in [0.717, 1.165) is 18.9 Å². The normalized spacial score (nSPS) is 27.8. The van der Waals surface area contributed by atoms with E-state index in [1.807, 2.05) is 0 Å². The van der Waals surface area contributed by atoms with Crippen LogP contribution in [0.5, 0.6) is 0 Å². The highest BCUT2D eigenvalue weighted by atomic mass is 35.5. The Kier molecular flexibility index (Phi) is 5.83. The van der Waals surface area contributed by atoms with Gasteiger partial charge in [0.05, 0.1) is 25.8 Å². The molecule has 0 aromatic heterocycles. The van der Waals surface area contributed by atoms with E-state index >= 15 is 0 Å². The Morgan fingerprint density at radius 3 is 2.32 bits per heavy atom. The minimum Gasteiger partial charge on any atom is -0.390 e. The summed E-state index contributed by atoms with van der Waals surface area (Å²) in [5.74, 6) is -1.42. The van der Waals surface area contributed by atoms with Gasteiger partial charge in [0, 0.05) is 11.3 Å². The van der Waals surface area contributed by atoms with E-state index in [0.29, 0.717) is 12.8 Å². The van der Waals surface area contributed by atoms with E-state index < -0.39 is 32.4 Å². The quantitative estimate of drug-likeness (QED) is 0.630. The Bertz CT molecular complexity index is 1140. The number of hydrogen-bond donors (Lipinski definition) is 2. The van der Waals surface area contributed by atoms with E-state index in [1.165, 1.54) is 30.3 Å². The lowest BCUT2D eigenvalue weighted by molar-refractivity contribution is -0.0413. The van der Waals surface area contributed by atoms with Crippen molar-refractivity contribution in [3.63, 3.8) is 0 Å². The maximum absolute atomic E-state index is 13.6. The first-order valence-corrected chi connectivity index (χ1v) is 12.3. The van der Waals surface area contributed by atoms with Crippen molar-refractivity contribution in [3.8, 4) is 0 Å². The van der Waals surface area contributed by atoms with Crippen LogP contribution in [0.1, 0.15) is 43.0 Å². The number of rotatable bonds is 4. The summed E-state index contributed by atoms with van der Waals surface area (Å²) in [6.45, 7) is 1.79. The molecule has 4 atom stereocenters. The zero-order chi connectivity index (χ0) is 22.6. The molecule has 2 N–H and O–H groups in total. The third-order valence-corrected chi connectivity index (χ3v) is 9.69. The first-order chi connectivity index (χ1) is 14.5. The van der Waals surface area contributed by atoms with Crippen LogP contribution in [0.2, 0.25) is 10.0 Å². The number of anilines is 1. The van der Waals surface area contributed by atoms with Crippen LogP contribution in [0.25, 0.3) is 0 Å². The molecule has 1 amide bonds. The van der Waals surface area contributed by atoms with Crippen LogP contribution in [0, 0.1) is 17.7 Å². The summed E-state index contributed by atoms with van der Waals surface area (Å²) in [7, 11) is -3.81. The Morgan fingerprint density at radius 1 is 1.10 bits per heavy atom. The predicted octanol–water partition coefficient (Wildman–Crippen LogP) is 5.10. The van der Waals surface area contributed by atoms with Gasteiger partial charge in [-0.15, -0.1) is 0 Å². The molecule has 2 aromatic carbocycles. The molecule has 2 aromatic rings. The smallest absolute Gasteiger partial charge is 0.255 e. The molecule has 31 heavy (non-hydrogen) atoms. The summed E-state index contributed by atoms with van der Waals surface area (Å²) >= 11 is 11.9. The van der Waals surface area contributed by atoms with E-state index in [-0.39, 0.29) is 38.0 Å². The molecule has 0 spiro atoms. The van der Waals surface area contributed by atoms with E-state index in [4.69, 9.17) is 23.2 Å². The Balaban J connectivity index is 1.60. The fourth-order valence-corrected chi connectivity index (χ4v) is 7.36. The lowest BCUT2D eigenvalue weighted by Crippen LogP contribution is -2.45. The predicted molar refractivity (Wildman–Crippen MR) is 118 cm³/mol. The van der Waals surface area contributed by atoms with Crippen LogP contribution in [-0.2, 0) is 9.84 Å². The van der Waals surface area contributed by atoms with Gasteiger partial charge in [-0.25, -0.2) is 12.8 Å². The molecule has 9 heteroatoms. The van der Waals surface area contributed by atoms with Gasteiger partial charge in [0.15, 0.2) is 9.84 Å². The molecule has 4 rings (SSSR count). The summed E-state index contributed by atoms with van der Waals surface area (Å²) in [6, 6.07) is 7.89. The number of carbonyl (C=O) groups is 1. The van der Waals surface area contributed by atoms with Gasteiger partial charge in [-0.2, -0.15) is 0 Å². The van der Waals surface area contributed by atoms with Crippen LogP contribution in [-0.4, -0.2) is 30.3 Å². The van der Waals surface area contributed by atoms with Gasteiger partial charge in [0.1, 0.15) is 5.82 Å². The minimum absolute atomic E-state index is 0.0405. The van der Waals surface area contributed by atoms with Gasteiger partial charge in [-0.3, -0.25) is 4.79 Å².